The van der Waals surface area contributed by atoms with Gasteiger partial charge < -0.3 is 20.4 Å². The van der Waals surface area contributed by atoms with E-state index in [4.69, 9.17) is 0 Å². The molecule has 31 heavy (non-hydrogen) atoms. The van der Waals surface area contributed by atoms with Gasteiger partial charge in [-0.2, -0.15) is 0 Å². The zero-order valence-electron chi connectivity index (χ0n) is 17.5. The van der Waals surface area contributed by atoms with Crippen molar-refractivity contribution < 1.29 is 20.4 Å². The molecule has 0 spiro atoms. The molecule has 0 saturated heterocycles. The molecule has 4 rings (SSSR count). The summed E-state index contributed by atoms with van der Waals surface area (Å²) in [4.78, 5) is 0. The van der Waals surface area contributed by atoms with Crippen LogP contribution in [-0.4, -0.2) is 20.4 Å². The van der Waals surface area contributed by atoms with Crippen LogP contribution in [0.1, 0.15) is 25.0 Å². The molecule has 0 bridgehead atoms. The standard InChI is InChI=1S/C15H16O2.C12H10O2/c1-15(2,11-3-7-13(16)8-4-11)12-5-9-14(17)10-6-12;13-11-8-4-7-10(12(11)14)9-5-2-1-3-6-9/h3-10,16-17H,1-2H3;1-8,13-14H. The first-order valence-corrected chi connectivity index (χ1v) is 9.94. The molecule has 4 heteroatoms. The van der Waals surface area contributed by atoms with Crippen molar-refractivity contribution in [2.45, 2.75) is 19.3 Å². The fourth-order valence-corrected chi connectivity index (χ4v) is 3.30. The third kappa shape index (κ3) is 5.17. The maximum atomic E-state index is 9.60. The molecule has 4 aromatic rings. The lowest BCUT2D eigenvalue weighted by atomic mass is 9.78. The molecule has 4 N–H and O–H groups in total. The van der Waals surface area contributed by atoms with Gasteiger partial charge in [0.1, 0.15) is 11.5 Å². The molecule has 0 unspecified atom stereocenters. The number of hydrogen-bond acceptors (Lipinski definition) is 4. The molecule has 0 heterocycles. The number of rotatable bonds is 3. The van der Waals surface area contributed by atoms with Gasteiger partial charge in [-0.15, -0.1) is 0 Å². The molecule has 0 aromatic heterocycles. The molecule has 4 aromatic carbocycles. The molecule has 0 aliphatic rings. The summed E-state index contributed by atoms with van der Waals surface area (Å²) in [7, 11) is 0. The van der Waals surface area contributed by atoms with Gasteiger partial charge in [-0.05, 0) is 47.0 Å². The minimum atomic E-state index is -0.151. The van der Waals surface area contributed by atoms with E-state index in [1.54, 1.807) is 36.4 Å². The summed E-state index contributed by atoms with van der Waals surface area (Å²) in [6.45, 7) is 4.23. The molecule has 158 valence electrons. The van der Waals surface area contributed by atoms with Gasteiger partial charge in [0.15, 0.2) is 11.5 Å². The third-order valence-electron chi connectivity index (χ3n) is 5.28. The molecular weight excluding hydrogens is 388 g/mol. The van der Waals surface area contributed by atoms with E-state index in [1.807, 2.05) is 54.6 Å². The Morgan fingerprint density at radius 2 is 1.00 bits per heavy atom. The number of para-hydroxylation sites is 1. The second-order valence-corrected chi connectivity index (χ2v) is 7.76. The van der Waals surface area contributed by atoms with Gasteiger partial charge in [-0.1, -0.05) is 80.6 Å². The van der Waals surface area contributed by atoms with Gasteiger partial charge in [-0.25, -0.2) is 0 Å². The summed E-state index contributed by atoms with van der Waals surface area (Å²) in [5.74, 6) is 0.385. The Bertz CT molecular complexity index is 1070. The summed E-state index contributed by atoms with van der Waals surface area (Å²) in [6, 6.07) is 28.8. The van der Waals surface area contributed by atoms with E-state index in [0.29, 0.717) is 5.56 Å². The van der Waals surface area contributed by atoms with E-state index in [0.717, 1.165) is 16.7 Å². The van der Waals surface area contributed by atoms with Crippen LogP contribution in [0.2, 0.25) is 0 Å². The zero-order chi connectivity index (χ0) is 22.4. The average Bonchev–Trinajstić information content (AvgIpc) is 2.77. The maximum Gasteiger partial charge on any atom is 0.165 e. The zero-order valence-corrected chi connectivity index (χ0v) is 17.5. The Hall–Kier alpha value is -3.92. The molecular formula is C27H26O4. The van der Waals surface area contributed by atoms with Crippen molar-refractivity contribution in [1.82, 2.24) is 0 Å². The Balaban J connectivity index is 0.000000179. The van der Waals surface area contributed by atoms with Crippen LogP contribution in [-0.2, 0) is 5.41 Å². The first-order chi connectivity index (χ1) is 14.8. The second kappa shape index (κ2) is 9.26. The highest BCUT2D eigenvalue weighted by Crippen LogP contribution is 2.35. The second-order valence-electron chi connectivity index (χ2n) is 7.76. The molecule has 0 aliphatic carbocycles. The summed E-state index contributed by atoms with van der Waals surface area (Å²) in [5.41, 5.74) is 3.63. The number of phenols is 4. The number of benzene rings is 4. The highest BCUT2D eigenvalue weighted by Gasteiger charge is 2.22. The molecule has 0 aliphatic heterocycles. The highest BCUT2D eigenvalue weighted by atomic mass is 16.3. The van der Waals surface area contributed by atoms with Crippen LogP contribution in [0.25, 0.3) is 11.1 Å². The average molecular weight is 415 g/mol. The lowest BCUT2D eigenvalue weighted by Crippen LogP contribution is -2.18. The van der Waals surface area contributed by atoms with E-state index in [9.17, 15) is 20.4 Å². The quantitative estimate of drug-likeness (QED) is 0.301. The van der Waals surface area contributed by atoms with Crippen LogP contribution in [0.5, 0.6) is 23.0 Å². The molecule has 0 saturated carbocycles. The Labute approximate surface area is 182 Å². The highest BCUT2D eigenvalue weighted by molar-refractivity contribution is 5.72. The number of hydrogen-bond donors (Lipinski definition) is 4. The third-order valence-corrected chi connectivity index (χ3v) is 5.28. The minimum Gasteiger partial charge on any atom is -0.508 e. The Morgan fingerprint density at radius 3 is 1.48 bits per heavy atom. The van der Waals surface area contributed by atoms with Crippen molar-refractivity contribution in [1.29, 1.82) is 0 Å². The summed E-state index contributed by atoms with van der Waals surface area (Å²) >= 11 is 0. The predicted molar refractivity (Wildman–Crippen MR) is 124 cm³/mol. The van der Waals surface area contributed by atoms with Crippen LogP contribution < -0.4 is 0 Å². The minimum absolute atomic E-state index is 0.0706. The Morgan fingerprint density at radius 1 is 0.516 bits per heavy atom. The van der Waals surface area contributed by atoms with Gasteiger partial charge in [0.25, 0.3) is 0 Å². The lowest BCUT2D eigenvalue weighted by molar-refractivity contribution is 0.405. The normalized spacial score (nSPS) is 10.8. The largest absolute Gasteiger partial charge is 0.508 e. The summed E-state index contributed by atoms with van der Waals surface area (Å²) in [6.07, 6.45) is 0. The van der Waals surface area contributed by atoms with E-state index in [-0.39, 0.29) is 28.4 Å². The van der Waals surface area contributed by atoms with Crippen molar-refractivity contribution in [3.05, 3.63) is 108 Å². The van der Waals surface area contributed by atoms with Crippen molar-refractivity contribution in [3.63, 3.8) is 0 Å². The van der Waals surface area contributed by atoms with Crippen LogP contribution in [0.3, 0.4) is 0 Å². The SMILES string of the molecule is CC(C)(c1ccc(O)cc1)c1ccc(O)cc1.Oc1cccc(-c2ccccc2)c1O. The van der Waals surface area contributed by atoms with Crippen LogP contribution in [0.4, 0.5) is 0 Å². The predicted octanol–water partition coefficient (Wildman–Crippen LogP) is 6.19. The molecule has 0 fully saturated rings. The van der Waals surface area contributed by atoms with Crippen molar-refractivity contribution in [2.24, 2.45) is 0 Å². The van der Waals surface area contributed by atoms with Gasteiger partial charge in [0.2, 0.25) is 0 Å². The van der Waals surface area contributed by atoms with E-state index in [2.05, 4.69) is 13.8 Å². The monoisotopic (exact) mass is 414 g/mol. The topological polar surface area (TPSA) is 80.9 Å². The fraction of sp³-hybridized carbons (Fsp3) is 0.111. The first-order valence-electron chi connectivity index (χ1n) is 9.94. The van der Waals surface area contributed by atoms with E-state index >= 15 is 0 Å². The van der Waals surface area contributed by atoms with Gasteiger partial charge in [0, 0.05) is 11.0 Å². The molecule has 0 amide bonds. The number of phenolic OH excluding ortho intramolecular Hbond substituents is 4. The molecule has 0 atom stereocenters. The van der Waals surface area contributed by atoms with Gasteiger partial charge in [-0.3, -0.25) is 0 Å². The fourth-order valence-electron chi connectivity index (χ4n) is 3.30. The van der Waals surface area contributed by atoms with E-state index in [1.165, 1.54) is 6.07 Å². The van der Waals surface area contributed by atoms with Crippen LogP contribution >= 0.6 is 0 Å². The van der Waals surface area contributed by atoms with Crippen LogP contribution in [0, 0.1) is 0 Å². The smallest absolute Gasteiger partial charge is 0.165 e. The molecule has 0 radical (unpaired) electrons. The number of aromatic hydroxyl groups is 4. The van der Waals surface area contributed by atoms with Gasteiger partial charge in [0.05, 0.1) is 0 Å². The van der Waals surface area contributed by atoms with Crippen molar-refractivity contribution in [3.8, 4) is 34.1 Å². The maximum absolute atomic E-state index is 9.60. The van der Waals surface area contributed by atoms with Crippen LogP contribution in [0.15, 0.2) is 97.1 Å². The van der Waals surface area contributed by atoms with Gasteiger partial charge >= 0.3 is 0 Å². The Kier molecular flexibility index (Phi) is 6.51. The first kappa shape index (κ1) is 21.8. The summed E-state index contributed by atoms with van der Waals surface area (Å²) in [5, 5.41) is 37.5. The molecule has 4 nitrogen and oxygen atoms in total. The van der Waals surface area contributed by atoms with Crippen molar-refractivity contribution in [2.75, 3.05) is 0 Å². The lowest BCUT2D eigenvalue weighted by Gasteiger charge is -2.26. The van der Waals surface area contributed by atoms with E-state index < -0.39 is 0 Å². The van der Waals surface area contributed by atoms with Crippen molar-refractivity contribution >= 4 is 0 Å². The summed E-state index contributed by atoms with van der Waals surface area (Å²) < 4.78 is 0.